The van der Waals surface area contributed by atoms with E-state index in [-0.39, 0.29) is 11.6 Å². The topological polar surface area (TPSA) is 80.4 Å². The van der Waals surface area contributed by atoms with E-state index in [1.165, 1.54) is 154 Å². The standard InChI is InChI=1S/C38H75NO3/c1-3-5-7-9-11-13-15-17-19-21-23-25-27-29-31-33-36(41)38(39,35-40)37(42)34-32-30-28-26-24-22-20-18-16-14-12-10-8-6-4-2/h40H,3-35,39H2,1-2H3. The van der Waals surface area contributed by atoms with Gasteiger partial charge < -0.3 is 10.8 Å². The zero-order chi connectivity index (χ0) is 31.0. The Morgan fingerprint density at radius 1 is 0.405 bits per heavy atom. The first-order valence-electron chi connectivity index (χ1n) is 19.0. The van der Waals surface area contributed by atoms with Crippen molar-refractivity contribution in [2.45, 2.75) is 225 Å². The second-order valence-corrected chi connectivity index (χ2v) is 13.4. The Bertz CT molecular complexity index is 545. The summed E-state index contributed by atoms with van der Waals surface area (Å²) in [5.41, 5.74) is 4.47. The molecule has 0 saturated carbocycles. The predicted octanol–water partition coefficient (Wildman–Crippen LogP) is 11.3. The summed E-state index contributed by atoms with van der Waals surface area (Å²) in [6, 6.07) is 0. The lowest BCUT2D eigenvalue weighted by atomic mass is 9.85. The highest BCUT2D eigenvalue weighted by molar-refractivity contribution is 6.11. The van der Waals surface area contributed by atoms with E-state index in [1.54, 1.807) is 0 Å². The minimum Gasteiger partial charge on any atom is -0.393 e. The van der Waals surface area contributed by atoms with E-state index in [9.17, 15) is 14.7 Å². The molecule has 0 amide bonds. The normalized spacial score (nSPS) is 11.8. The summed E-state index contributed by atoms with van der Waals surface area (Å²) in [7, 11) is 0. The predicted molar refractivity (Wildman–Crippen MR) is 183 cm³/mol. The van der Waals surface area contributed by atoms with Gasteiger partial charge in [-0.3, -0.25) is 9.59 Å². The van der Waals surface area contributed by atoms with Crippen LogP contribution >= 0.6 is 0 Å². The van der Waals surface area contributed by atoms with Crippen LogP contribution in [0.15, 0.2) is 0 Å². The quantitative estimate of drug-likeness (QED) is 0.0565. The van der Waals surface area contributed by atoms with Gasteiger partial charge in [0.1, 0.15) is 0 Å². The van der Waals surface area contributed by atoms with E-state index < -0.39 is 12.1 Å². The van der Waals surface area contributed by atoms with Crippen LogP contribution in [0.1, 0.15) is 219 Å². The highest BCUT2D eigenvalue weighted by atomic mass is 16.3. The molecule has 0 fully saturated rings. The van der Waals surface area contributed by atoms with Crippen molar-refractivity contribution in [1.29, 1.82) is 0 Å². The van der Waals surface area contributed by atoms with Crippen LogP contribution in [0.2, 0.25) is 0 Å². The molecule has 250 valence electrons. The van der Waals surface area contributed by atoms with Gasteiger partial charge in [-0.15, -0.1) is 0 Å². The van der Waals surface area contributed by atoms with E-state index in [2.05, 4.69) is 13.8 Å². The molecule has 0 aliphatic rings. The fraction of sp³-hybridized carbons (Fsp3) is 0.947. The maximum Gasteiger partial charge on any atom is 0.162 e. The van der Waals surface area contributed by atoms with Crippen molar-refractivity contribution in [2.24, 2.45) is 5.73 Å². The van der Waals surface area contributed by atoms with Gasteiger partial charge in [0.25, 0.3) is 0 Å². The van der Waals surface area contributed by atoms with Crippen LogP contribution in [-0.4, -0.2) is 28.8 Å². The molecule has 0 unspecified atom stereocenters. The number of carbonyl (C=O) groups is 2. The van der Waals surface area contributed by atoms with Crippen LogP contribution in [0.3, 0.4) is 0 Å². The van der Waals surface area contributed by atoms with Gasteiger partial charge in [-0.1, -0.05) is 194 Å². The smallest absolute Gasteiger partial charge is 0.162 e. The van der Waals surface area contributed by atoms with Crippen LogP contribution in [0.5, 0.6) is 0 Å². The van der Waals surface area contributed by atoms with Crippen molar-refractivity contribution in [3.63, 3.8) is 0 Å². The number of nitrogens with two attached hydrogens (primary N) is 1. The molecule has 0 aliphatic heterocycles. The monoisotopic (exact) mass is 594 g/mol. The highest BCUT2D eigenvalue weighted by Crippen LogP contribution is 2.18. The van der Waals surface area contributed by atoms with Gasteiger partial charge in [0.2, 0.25) is 0 Å². The Labute approximate surface area is 263 Å². The largest absolute Gasteiger partial charge is 0.393 e. The molecule has 4 heteroatoms. The lowest BCUT2D eigenvalue weighted by Crippen LogP contribution is -2.57. The molecule has 3 N–H and O–H groups in total. The second kappa shape index (κ2) is 31.7. The first-order valence-corrected chi connectivity index (χ1v) is 19.0. The van der Waals surface area contributed by atoms with Gasteiger partial charge in [0.15, 0.2) is 17.1 Å². The van der Waals surface area contributed by atoms with Gasteiger partial charge in [-0.2, -0.15) is 0 Å². The molecule has 0 radical (unpaired) electrons. The Kier molecular flexibility index (Phi) is 31.1. The molecule has 42 heavy (non-hydrogen) atoms. The molecule has 0 atom stereocenters. The minimum absolute atomic E-state index is 0.273. The van der Waals surface area contributed by atoms with Crippen molar-refractivity contribution < 1.29 is 14.7 Å². The summed E-state index contributed by atoms with van der Waals surface area (Å²) >= 11 is 0. The van der Waals surface area contributed by atoms with Crippen LogP contribution in [0.4, 0.5) is 0 Å². The molecule has 4 nitrogen and oxygen atoms in total. The number of Topliss-reactive ketones (excluding diaryl/α,β-unsaturated/α-hetero) is 2. The summed E-state index contributed by atoms with van der Waals surface area (Å²) in [6.07, 6.45) is 38.9. The molecule has 0 rings (SSSR count). The van der Waals surface area contributed by atoms with E-state index >= 15 is 0 Å². The van der Waals surface area contributed by atoms with Gasteiger partial charge in [0.05, 0.1) is 6.61 Å². The number of aliphatic hydroxyl groups is 1. The van der Waals surface area contributed by atoms with Gasteiger partial charge >= 0.3 is 0 Å². The Hall–Kier alpha value is -0.740. The van der Waals surface area contributed by atoms with Crippen LogP contribution in [0, 0.1) is 0 Å². The molecule has 0 bridgehead atoms. The fourth-order valence-electron chi connectivity index (χ4n) is 6.09. The van der Waals surface area contributed by atoms with Crippen molar-refractivity contribution in [1.82, 2.24) is 0 Å². The molecular formula is C38H75NO3. The summed E-state index contributed by atoms with van der Waals surface area (Å²) < 4.78 is 0. The van der Waals surface area contributed by atoms with Crippen molar-refractivity contribution in [2.75, 3.05) is 6.61 Å². The molecule has 0 heterocycles. The maximum atomic E-state index is 12.7. The number of hydrogen-bond donors (Lipinski definition) is 2. The zero-order valence-electron chi connectivity index (χ0n) is 28.7. The van der Waals surface area contributed by atoms with E-state index in [0.717, 1.165) is 38.5 Å². The molecule has 0 aromatic rings. The summed E-state index contributed by atoms with van der Waals surface area (Å²) in [5.74, 6) is -0.545. The van der Waals surface area contributed by atoms with Crippen LogP contribution in [0.25, 0.3) is 0 Å². The Balaban J connectivity index is 3.67. The SMILES string of the molecule is CCCCCCCCCCCCCCCCCC(=O)C(N)(CO)C(=O)CCCCCCCCCCCCCCCCC. The molecular weight excluding hydrogens is 518 g/mol. The number of carbonyl (C=O) groups excluding carboxylic acids is 2. The minimum atomic E-state index is -1.69. The number of unbranched alkanes of at least 4 members (excludes halogenated alkanes) is 28. The molecule has 0 spiro atoms. The number of rotatable bonds is 35. The van der Waals surface area contributed by atoms with Crippen LogP contribution < -0.4 is 5.73 Å². The third-order valence-electron chi connectivity index (χ3n) is 9.26. The van der Waals surface area contributed by atoms with Crippen molar-refractivity contribution in [3.05, 3.63) is 0 Å². The lowest BCUT2D eigenvalue weighted by molar-refractivity contribution is -0.136. The highest BCUT2D eigenvalue weighted by Gasteiger charge is 2.39. The summed E-state index contributed by atoms with van der Waals surface area (Å²) in [6.45, 7) is 3.97. The molecule has 0 saturated heterocycles. The summed E-state index contributed by atoms with van der Waals surface area (Å²) in [5, 5.41) is 9.81. The second-order valence-electron chi connectivity index (χ2n) is 13.4. The third kappa shape index (κ3) is 24.7. The zero-order valence-corrected chi connectivity index (χ0v) is 28.7. The average molecular weight is 594 g/mol. The van der Waals surface area contributed by atoms with E-state index in [1.807, 2.05) is 0 Å². The summed E-state index contributed by atoms with van der Waals surface area (Å²) in [4.78, 5) is 25.5. The Morgan fingerprint density at radius 2 is 0.595 bits per heavy atom. The van der Waals surface area contributed by atoms with Gasteiger partial charge in [-0.05, 0) is 12.8 Å². The van der Waals surface area contributed by atoms with Gasteiger partial charge in [0, 0.05) is 12.8 Å². The van der Waals surface area contributed by atoms with Gasteiger partial charge in [-0.25, -0.2) is 0 Å². The number of aliphatic hydroxyl groups excluding tert-OH is 1. The average Bonchev–Trinajstić information content (AvgIpc) is 3.00. The van der Waals surface area contributed by atoms with Crippen LogP contribution in [-0.2, 0) is 9.59 Å². The molecule has 0 aromatic carbocycles. The first-order chi connectivity index (χ1) is 20.5. The third-order valence-corrected chi connectivity index (χ3v) is 9.26. The molecule has 0 aromatic heterocycles. The van der Waals surface area contributed by atoms with E-state index in [0.29, 0.717) is 12.8 Å². The van der Waals surface area contributed by atoms with Crippen molar-refractivity contribution in [3.8, 4) is 0 Å². The van der Waals surface area contributed by atoms with Crippen molar-refractivity contribution >= 4 is 11.6 Å². The number of ketones is 2. The molecule has 0 aliphatic carbocycles. The number of hydrogen-bond acceptors (Lipinski definition) is 4. The lowest BCUT2D eigenvalue weighted by Gasteiger charge is -2.24. The fourth-order valence-corrected chi connectivity index (χ4v) is 6.09. The maximum absolute atomic E-state index is 12.7. The first kappa shape index (κ1) is 41.3. The van der Waals surface area contributed by atoms with E-state index in [4.69, 9.17) is 5.73 Å². The Morgan fingerprint density at radius 3 is 0.786 bits per heavy atom.